The normalized spacial score (nSPS) is 11.1. The number of rotatable bonds is 6. The lowest BCUT2D eigenvalue weighted by Crippen LogP contribution is -2.04. The molecule has 0 spiro atoms. The monoisotopic (exact) mass is 339 g/mol. The number of nitrogens with zero attached hydrogens (tertiary/aromatic N) is 2. The van der Waals surface area contributed by atoms with E-state index in [-0.39, 0.29) is 5.92 Å². The molecule has 108 valence electrons. The molecule has 20 heavy (non-hydrogen) atoms. The van der Waals surface area contributed by atoms with E-state index in [2.05, 4.69) is 26.1 Å². The highest BCUT2D eigenvalue weighted by atomic mass is 79.9. The summed E-state index contributed by atoms with van der Waals surface area (Å²) in [7, 11) is 0. The number of halogens is 1. The molecule has 1 aromatic carbocycles. The fraction of sp³-hybridized carbons (Fsp3) is 0.429. The molecule has 1 heterocycles. The fourth-order valence-corrected chi connectivity index (χ4v) is 2.14. The predicted molar refractivity (Wildman–Crippen MR) is 79.6 cm³/mol. The van der Waals surface area contributed by atoms with Gasteiger partial charge < -0.3 is 15.0 Å². The Labute approximate surface area is 126 Å². The molecule has 2 N–H and O–H groups in total. The van der Waals surface area contributed by atoms with Crippen LogP contribution in [-0.2, 0) is 13.0 Å². The number of hydrogen-bond donors (Lipinski definition) is 1. The van der Waals surface area contributed by atoms with Crippen molar-refractivity contribution in [3.05, 3.63) is 40.0 Å². The highest BCUT2D eigenvalue weighted by Crippen LogP contribution is 2.23. The predicted octanol–water partition coefficient (Wildman–Crippen LogP) is 3.04. The zero-order valence-corrected chi connectivity index (χ0v) is 13.2. The first-order valence-electron chi connectivity index (χ1n) is 6.54. The molecule has 2 rings (SSSR count). The molecule has 0 atom stereocenters. The minimum atomic E-state index is 0.222. The summed E-state index contributed by atoms with van der Waals surface area (Å²) in [5, 5.41) is 3.89. The molecule has 0 saturated heterocycles. The average molecular weight is 340 g/mol. The molecule has 2 aromatic rings. The summed E-state index contributed by atoms with van der Waals surface area (Å²) in [6, 6.07) is 5.82. The molecule has 0 amide bonds. The van der Waals surface area contributed by atoms with Crippen LogP contribution in [0.5, 0.6) is 5.75 Å². The van der Waals surface area contributed by atoms with Crippen molar-refractivity contribution < 1.29 is 9.26 Å². The van der Waals surface area contributed by atoms with Crippen LogP contribution in [-0.4, -0.2) is 16.7 Å². The van der Waals surface area contributed by atoms with Crippen LogP contribution in [0.25, 0.3) is 0 Å². The van der Waals surface area contributed by atoms with E-state index in [0.29, 0.717) is 24.9 Å². The number of nitrogens with two attached hydrogens (primary N) is 1. The lowest BCUT2D eigenvalue weighted by molar-refractivity contribution is 0.284. The molecule has 0 unspecified atom stereocenters. The highest BCUT2D eigenvalue weighted by molar-refractivity contribution is 9.10. The second-order valence-corrected chi connectivity index (χ2v) is 5.64. The molecule has 0 aliphatic heterocycles. The number of ether oxygens (including phenoxy) is 1. The van der Waals surface area contributed by atoms with Crippen molar-refractivity contribution in [1.29, 1.82) is 0 Å². The lowest BCUT2D eigenvalue weighted by Gasteiger charge is -2.07. The van der Waals surface area contributed by atoms with Crippen molar-refractivity contribution in [2.24, 2.45) is 5.73 Å². The van der Waals surface area contributed by atoms with Gasteiger partial charge in [0.2, 0.25) is 11.7 Å². The van der Waals surface area contributed by atoms with E-state index < -0.39 is 0 Å². The molecule has 0 aliphatic carbocycles. The topological polar surface area (TPSA) is 74.2 Å². The third-order valence-electron chi connectivity index (χ3n) is 2.78. The van der Waals surface area contributed by atoms with Gasteiger partial charge in [-0.25, -0.2) is 0 Å². The molecule has 0 saturated carbocycles. The van der Waals surface area contributed by atoms with E-state index in [4.69, 9.17) is 15.0 Å². The van der Waals surface area contributed by atoms with Crippen LogP contribution in [0.1, 0.15) is 37.0 Å². The van der Waals surface area contributed by atoms with Crippen LogP contribution < -0.4 is 10.5 Å². The van der Waals surface area contributed by atoms with E-state index in [1.54, 1.807) is 0 Å². The Bertz CT molecular complexity index is 569. The van der Waals surface area contributed by atoms with Crippen molar-refractivity contribution in [2.45, 2.75) is 32.8 Å². The first-order chi connectivity index (χ1) is 9.60. The van der Waals surface area contributed by atoms with Gasteiger partial charge in [-0.2, -0.15) is 4.98 Å². The highest BCUT2D eigenvalue weighted by Gasteiger charge is 2.10. The molecule has 5 nitrogen and oxygen atoms in total. The van der Waals surface area contributed by atoms with Crippen molar-refractivity contribution in [1.82, 2.24) is 10.1 Å². The summed E-state index contributed by atoms with van der Waals surface area (Å²) in [6.45, 7) is 4.91. The smallest absolute Gasteiger partial charge is 0.229 e. The van der Waals surface area contributed by atoms with E-state index in [1.807, 2.05) is 32.0 Å². The van der Waals surface area contributed by atoms with Crippen molar-refractivity contribution >= 4 is 15.9 Å². The fourth-order valence-electron chi connectivity index (χ4n) is 1.70. The van der Waals surface area contributed by atoms with Crippen LogP contribution in [0, 0.1) is 0 Å². The second-order valence-electron chi connectivity index (χ2n) is 4.78. The quantitative estimate of drug-likeness (QED) is 0.875. The standard InChI is InChI=1S/C14H18BrN3O2/c1-9(2)14-17-13(18-20-14)8-19-11-3-4-12(15)10(7-11)5-6-16/h3-4,7,9H,5-6,8,16H2,1-2H3. The number of aromatic nitrogens is 2. The van der Waals surface area contributed by atoms with Crippen molar-refractivity contribution in [3.8, 4) is 5.75 Å². The molecule has 1 aromatic heterocycles. The minimum absolute atomic E-state index is 0.222. The van der Waals surface area contributed by atoms with Crippen molar-refractivity contribution in [2.75, 3.05) is 6.54 Å². The Morgan fingerprint density at radius 3 is 2.85 bits per heavy atom. The Hall–Kier alpha value is -1.40. The maximum atomic E-state index is 5.68. The van der Waals surface area contributed by atoms with Crippen molar-refractivity contribution in [3.63, 3.8) is 0 Å². The summed E-state index contributed by atoms with van der Waals surface area (Å²) in [5.74, 6) is 2.17. The van der Waals surface area contributed by atoms with Crippen LogP contribution in [0.3, 0.4) is 0 Å². The zero-order valence-electron chi connectivity index (χ0n) is 11.6. The van der Waals surface area contributed by atoms with Gasteiger partial charge in [0.25, 0.3) is 0 Å². The van der Waals surface area contributed by atoms with Gasteiger partial charge in [-0.1, -0.05) is 34.9 Å². The molecule has 0 aliphatic rings. The Balaban J connectivity index is 2.01. The Morgan fingerprint density at radius 2 is 2.20 bits per heavy atom. The maximum absolute atomic E-state index is 5.68. The number of benzene rings is 1. The molecular formula is C14H18BrN3O2. The van der Waals surface area contributed by atoms with Crippen LogP contribution in [0.15, 0.2) is 27.2 Å². The zero-order chi connectivity index (χ0) is 14.5. The molecule has 0 radical (unpaired) electrons. The van der Waals surface area contributed by atoms with E-state index >= 15 is 0 Å². The Morgan fingerprint density at radius 1 is 1.40 bits per heavy atom. The van der Waals surface area contributed by atoms with Crippen LogP contribution >= 0.6 is 15.9 Å². The molecule has 0 fully saturated rings. The second kappa shape index (κ2) is 6.85. The summed E-state index contributed by atoms with van der Waals surface area (Å²) >= 11 is 3.50. The number of hydrogen-bond acceptors (Lipinski definition) is 5. The minimum Gasteiger partial charge on any atom is -0.485 e. The van der Waals surface area contributed by atoms with Gasteiger partial charge >= 0.3 is 0 Å². The van der Waals surface area contributed by atoms with Gasteiger partial charge in [0.05, 0.1) is 0 Å². The van der Waals surface area contributed by atoms with Gasteiger partial charge in [0.15, 0.2) is 6.61 Å². The summed E-state index contributed by atoms with van der Waals surface area (Å²) in [5.41, 5.74) is 6.71. The average Bonchev–Trinajstić information content (AvgIpc) is 2.89. The van der Waals surface area contributed by atoms with Gasteiger partial charge in [0, 0.05) is 10.4 Å². The van der Waals surface area contributed by atoms with Gasteiger partial charge in [0.1, 0.15) is 5.75 Å². The lowest BCUT2D eigenvalue weighted by atomic mass is 10.1. The summed E-state index contributed by atoms with van der Waals surface area (Å²) in [4.78, 5) is 4.27. The largest absolute Gasteiger partial charge is 0.485 e. The molecule has 6 heteroatoms. The maximum Gasteiger partial charge on any atom is 0.229 e. The van der Waals surface area contributed by atoms with Crippen LogP contribution in [0.2, 0.25) is 0 Å². The molecular weight excluding hydrogens is 322 g/mol. The van der Waals surface area contributed by atoms with E-state index in [1.165, 1.54) is 0 Å². The third-order valence-corrected chi connectivity index (χ3v) is 3.55. The van der Waals surface area contributed by atoms with E-state index in [0.717, 1.165) is 22.2 Å². The van der Waals surface area contributed by atoms with E-state index in [9.17, 15) is 0 Å². The SMILES string of the molecule is CC(C)c1nc(COc2ccc(Br)c(CCN)c2)no1. The first-order valence-corrected chi connectivity index (χ1v) is 7.33. The molecule has 0 bridgehead atoms. The Kier molecular flexibility index (Phi) is 5.14. The first kappa shape index (κ1) is 15.0. The summed E-state index contributed by atoms with van der Waals surface area (Å²) < 4.78 is 11.9. The van der Waals surface area contributed by atoms with Crippen LogP contribution in [0.4, 0.5) is 0 Å². The third kappa shape index (κ3) is 3.80. The van der Waals surface area contributed by atoms with Gasteiger partial charge in [-0.05, 0) is 36.7 Å². The van der Waals surface area contributed by atoms with Gasteiger partial charge in [-0.3, -0.25) is 0 Å². The van der Waals surface area contributed by atoms with Gasteiger partial charge in [-0.15, -0.1) is 0 Å². The summed E-state index contributed by atoms with van der Waals surface area (Å²) in [6.07, 6.45) is 0.803.